The molecule has 6 heteroatoms. The molecule has 4 rings (SSSR count). The summed E-state index contributed by atoms with van der Waals surface area (Å²) in [5.41, 5.74) is 2.53. The number of guanidine groups is 1. The molecule has 3 aliphatic rings. The Morgan fingerprint density at radius 2 is 1.75 bits per heavy atom. The van der Waals surface area contributed by atoms with Gasteiger partial charge in [-0.15, -0.1) is 0 Å². The Morgan fingerprint density at radius 3 is 2.44 bits per heavy atom. The SMILES string of the molecule is CCNC(=NCc1ccc(N2CCC(CO)CC2)cc1)NC1CCN(CC2CCCC2)C1. The number of nitrogens with one attached hydrogen (secondary N) is 2. The Morgan fingerprint density at radius 1 is 1.00 bits per heavy atom. The number of aliphatic imine (C=N–C) groups is 1. The monoisotopic (exact) mass is 441 g/mol. The predicted molar refractivity (Wildman–Crippen MR) is 133 cm³/mol. The average Bonchev–Trinajstić information content (AvgIpc) is 3.50. The zero-order valence-corrected chi connectivity index (χ0v) is 19.9. The minimum absolute atomic E-state index is 0.326. The minimum atomic E-state index is 0.326. The van der Waals surface area contributed by atoms with E-state index >= 15 is 0 Å². The molecule has 32 heavy (non-hydrogen) atoms. The van der Waals surface area contributed by atoms with Crippen LogP contribution in [0.3, 0.4) is 0 Å². The van der Waals surface area contributed by atoms with Crippen LogP contribution in [0.4, 0.5) is 5.69 Å². The highest BCUT2D eigenvalue weighted by Gasteiger charge is 2.26. The summed E-state index contributed by atoms with van der Waals surface area (Å²) in [5, 5.41) is 16.5. The van der Waals surface area contributed by atoms with Crippen LogP contribution in [0, 0.1) is 11.8 Å². The van der Waals surface area contributed by atoms with Crippen LogP contribution in [0.25, 0.3) is 0 Å². The lowest BCUT2D eigenvalue weighted by atomic mass is 9.97. The van der Waals surface area contributed by atoms with Crippen LogP contribution in [-0.4, -0.2) is 67.9 Å². The number of aliphatic hydroxyl groups excluding tert-OH is 1. The molecule has 2 saturated heterocycles. The van der Waals surface area contributed by atoms with E-state index in [1.807, 2.05) is 0 Å². The van der Waals surface area contributed by atoms with Crippen molar-refractivity contribution in [2.24, 2.45) is 16.8 Å². The van der Waals surface area contributed by atoms with Gasteiger partial charge in [-0.25, -0.2) is 4.99 Å². The third-order valence-corrected chi connectivity index (χ3v) is 7.54. The van der Waals surface area contributed by atoms with Crippen LogP contribution >= 0.6 is 0 Å². The number of benzene rings is 1. The maximum atomic E-state index is 9.34. The van der Waals surface area contributed by atoms with Crippen molar-refractivity contribution >= 4 is 11.6 Å². The molecule has 3 N–H and O–H groups in total. The Balaban J connectivity index is 1.25. The van der Waals surface area contributed by atoms with E-state index < -0.39 is 0 Å². The average molecular weight is 442 g/mol. The Bertz CT molecular complexity index is 707. The molecule has 2 heterocycles. The summed E-state index contributed by atoms with van der Waals surface area (Å²) in [5.74, 6) is 2.35. The second kappa shape index (κ2) is 11.9. The molecule has 1 aromatic rings. The molecular formula is C26H43N5O. The molecular weight excluding hydrogens is 398 g/mol. The van der Waals surface area contributed by atoms with Crippen molar-refractivity contribution in [3.63, 3.8) is 0 Å². The summed E-state index contributed by atoms with van der Waals surface area (Å²) < 4.78 is 0. The molecule has 1 aliphatic carbocycles. The third kappa shape index (κ3) is 6.61. The first-order chi connectivity index (χ1) is 15.7. The maximum Gasteiger partial charge on any atom is 0.191 e. The number of hydrogen-bond donors (Lipinski definition) is 3. The fourth-order valence-corrected chi connectivity index (χ4v) is 5.54. The first-order valence-electron chi connectivity index (χ1n) is 13.0. The van der Waals surface area contributed by atoms with E-state index in [1.54, 1.807) is 0 Å². The van der Waals surface area contributed by atoms with Crippen molar-refractivity contribution in [2.75, 3.05) is 50.8 Å². The van der Waals surface area contributed by atoms with E-state index in [1.165, 1.54) is 56.4 Å². The number of rotatable bonds is 8. The van der Waals surface area contributed by atoms with Crippen molar-refractivity contribution in [3.8, 4) is 0 Å². The van der Waals surface area contributed by atoms with Gasteiger partial charge in [0.15, 0.2) is 5.96 Å². The Labute approximate surface area is 194 Å². The molecule has 1 saturated carbocycles. The maximum absolute atomic E-state index is 9.34. The van der Waals surface area contributed by atoms with Gasteiger partial charge in [-0.3, -0.25) is 0 Å². The molecule has 2 aliphatic heterocycles. The molecule has 6 nitrogen and oxygen atoms in total. The summed E-state index contributed by atoms with van der Waals surface area (Å²) >= 11 is 0. The standard InChI is InChI=1S/C26H43N5O/c1-2-27-26(29-24-13-14-30(19-24)18-22-5-3-4-6-22)28-17-21-7-9-25(10-8-21)31-15-11-23(20-32)12-16-31/h7-10,22-24,32H,2-6,11-20H2,1H3,(H2,27,28,29). The second-order valence-corrected chi connectivity index (χ2v) is 10.0. The summed E-state index contributed by atoms with van der Waals surface area (Å²) in [6.45, 7) is 9.75. The molecule has 0 aromatic heterocycles. The molecule has 0 amide bonds. The summed E-state index contributed by atoms with van der Waals surface area (Å²) in [6, 6.07) is 9.36. The summed E-state index contributed by atoms with van der Waals surface area (Å²) in [7, 11) is 0. The van der Waals surface area contributed by atoms with Gasteiger partial charge in [-0.05, 0) is 68.6 Å². The smallest absolute Gasteiger partial charge is 0.191 e. The van der Waals surface area contributed by atoms with Crippen molar-refractivity contribution in [1.82, 2.24) is 15.5 Å². The Hall–Kier alpha value is -1.79. The molecule has 0 spiro atoms. The van der Waals surface area contributed by atoms with E-state index in [4.69, 9.17) is 4.99 Å². The molecule has 178 valence electrons. The molecule has 1 atom stereocenters. The lowest BCUT2D eigenvalue weighted by molar-refractivity contribution is 0.203. The van der Waals surface area contributed by atoms with Gasteiger partial charge in [-0.2, -0.15) is 0 Å². The fourth-order valence-electron chi connectivity index (χ4n) is 5.54. The van der Waals surface area contributed by atoms with Crippen LogP contribution in [0.2, 0.25) is 0 Å². The molecule has 0 bridgehead atoms. The first kappa shape index (κ1) is 23.4. The molecule has 1 unspecified atom stereocenters. The topological polar surface area (TPSA) is 63.1 Å². The van der Waals surface area contributed by atoms with Crippen LogP contribution in [0.5, 0.6) is 0 Å². The number of aliphatic hydroxyl groups is 1. The van der Waals surface area contributed by atoms with Crippen molar-refractivity contribution in [1.29, 1.82) is 0 Å². The second-order valence-electron chi connectivity index (χ2n) is 10.0. The first-order valence-corrected chi connectivity index (χ1v) is 13.0. The van der Waals surface area contributed by atoms with E-state index in [0.29, 0.717) is 25.1 Å². The van der Waals surface area contributed by atoms with Crippen LogP contribution in [0.1, 0.15) is 57.4 Å². The highest BCUT2D eigenvalue weighted by atomic mass is 16.3. The van der Waals surface area contributed by atoms with E-state index in [9.17, 15) is 5.11 Å². The van der Waals surface area contributed by atoms with Gasteiger partial charge in [0.1, 0.15) is 0 Å². The number of piperidine rings is 1. The van der Waals surface area contributed by atoms with Gasteiger partial charge >= 0.3 is 0 Å². The fraction of sp³-hybridized carbons (Fsp3) is 0.731. The number of hydrogen-bond acceptors (Lipinski definition) is 4. The van der Waals surface area contributed by atoms with Gasteiger partial charge in [0.05, 0.1) is 6.54 Å². The zero-order chi connectivity index (χ0) is 22.2. The summed E-state index contributed by atoms with van der Waals surface area (Å²) in [4.78, 5) is 9.96. The molecule has 0 radical (unpaired) electrons. The number of likely N-dealkylation sites (tertiary alicyclic amines) is 1. The highest BCUT2D eigenvalue weighted by Crippen LogP contribution is 2.27. The van der Waals surface area contributed by atoms with E-state index in [0.717, 1.165) is 50.9 Å². The van der Waals surface area contributed by atoms with E-state index in [-0.39, 0.29) is 0 Å². The van der Waals surface area contributed by atoms with E-state index in [2.05, 4.69) is 51.6 Å². The van der Waals surface area contributed by atoms with Crippen molar-refractivity contribution < 1.29 is 5.11 Å². The van der Waals surface area contributed by atoms with Crippen LogP contribution in [-0.2, 0) is 6.54 Å². The van der Waals surface area contributed by atoms with Gasteiger partial charge < -0.3 is 25.5 Å². The van der Waals surface area contributed by atoms with Gasteiger partial charge in [-0.1, -0.05) is 25.0 Å². The van der Waals surface area contributed by atoms with Crippen LogP contribution in [0.15, 0.2) is 29.3 Å². The molecule has 3 fully saturated rings. The summed E-state index contributed by atoms with van der Waals surface area (Å²) in [6.07, 6.45) is 9.09. The predicted octanol–water partition coefficient (Wildman–Crippen LogP) is 3.21. The number of nitrogens with zero attached hydrogens (tertiary/aromatic N) is 3. The minimum Gasteiger partial charge on any atom is -0.396 e. The normalized spacial score (nSPS) is 23.8. The van der Waals surface area contributed by atoms with Crippen molar-refractivity contribution in [2.45, 2.75) is 64.5 Å². The number of anilines is 1. The van der Waals surface area contributed by atoms with Gasteiger partial charge in [0.25, 0.3) is 0 Å². The van der Waals surface area contributed by atoms with Gasteiger partial charge in [0, 0.05) is 57.6 Å². The van der Waals surface area contributed by atoms with Crippen LogP contribution < -0.4 is 15.5 Å². The lowest BCUT2D eigenvalue weighted by Crippen LogP contribution is -2.44. The third-order valence-electron chi connectivity index (χ3n) is 7.54. The largest absolute Gasteiger partial charge is 0.396 e. The lowest BCUT2D eigenvalue weighted by Gasteiger charge is -2.32. The quantitative estimate of drug-likeness (QED) is 0.427. The Kier molecular flexibility index (Phi) is 8.69. The van der Waals surface area contributed by atoms with Crippen molar-refractivity contribution in [3.05, 3.63) is 29.8 Å². The zero-order valence-electron chi connectivity index (χ0n) is 19.9. The highest BCUT2D eigenvalue weighted by molar-refractivity contribution is 5.80. The van der Waals surface area contributed by atoms with Gasteiger partial charge in [0.2, 0.25) is 0 Å². The molecule has 1 aromatic carbocycles.